The number of Topliss-reactive ketones (excluding diaryl/α,β-unsaturated/α-hetero) is 1. The molecule has 0 aliphatic carbocycles. The molecule has 0 spiro atoms. The van der Waals surface area contributed by atoms with Crippen LogP contribution in [0.3, 0.4) is 0 Å². The topological polar surface area (TPSA) is 37.3 Å². The molecular formula is C9H5BrClF3O2. The van der Waals surface area contributed by atoms with E-state index in [1.807, 2.05) is 0 Å². The van der Waals surface area contributed by atoms with Gasteiger partial charge in [0.05, 0.1) is 15.9 Å². The van der Waals surface area contributed by atoms with Gasteiger partial charge in [0.25, 0.3) is 0 Å². The summed E-state index contributed by atoms with van der Waals surface area (Å²) in [4.78, 5) is 11.3. The zero-order valence-electron chi connectivity index (χ0n) is 7.61. The molecule has 0 unspecified atom stereocenters. The summed E-state index contributed by atoms with van der Waals surface area (Å²) in [6, 6.07) is 1.10. The molecule has 0 aliphatic heterocycles. The molecule has 0 saturated heterocycles. The first-order chi connectivity index (χ1) is 7.27. The van der Waals surface area contributed by atoms with Crippen LogP contribution in [0.25, 0.3) is 0 Å². The molecular weight excluding hydrogens is 312 g/mol. The Morgan fingerprint density at radius 1 is 1.44 bits per heavy atom. The van der Waals surface area contributed by atoms with Crippen molar-refractivity contribution in [3.63, 3.8) is 0 Å². The molecule has 16 heavy (non-hydrogen) atoms. The molecule has 2 nitrogen and oxygen atoms in total. The summed E-state index contributed by atoms with van der Waals surface area (Å²) in [6.45, 7) is 0. The first-order valence-corrected chi connectivity index (χ1v) is 5.46. The minimum Gasteiger partial charge on any atom is -0.506 e. The molecule has 0 aromatic heterocycles. The molecule has 0 bridgehead atoms. The number of hydrogen-bond acceptors (Lipinski definition) is 2. The number of benzene rings is 1. The number of hydrogen-bond donors (Lipinski definition) is 1. The van der Waals surface area contributed by atoms with Gasteiger partial charge >= 0.3 is 6.18 Å². The van der Waals surface area contributed by atoms with Crippen molar-refractivity contribution in [2.75, 3.05) is 5.33 Å². The maximum Gasteiger partial charge on any atom is 0.416 e. The van der Waals surface area contributed by atoms with Crippen LogP contribution < -0.4 is 0 Å². The van der Waals surface area contributed by atoms with Crippen LogP contribution in [0.4, 0.5) is 13.2 Å². The Hall–Kier alpha value is -0.750. The summed E-state index contributed by atoms with van der Waals surface area (Å²) < 4.78 is 37.1. The average molecular weight is 317 g/mol. The van der Waals surface area contributed by atoms with Crippen LogP contribution in [0.1, 0.15) is 15.9 Å². The van der Waals surface area contributed by atoms with Gasteiger partial charge < -0.3 is 5.11 Å². The van der Waals surface area contributed by atoms with E-state index in [-0.39, 0.29) is 15.9 Å². The van der Waals surface area contributed by atoms with Crippen LogP contribution in [0.5, 0.6) is 5.75 Å². The molecule has 0 amide bonds. The molecule has 0 atom stereocenters. The highest BCUT2D eigenvalue weighted by atomic mass is 79.9. The van der Waals surface area contributed by atoms with Crippen molar-refractivity contribution in [3.05, 3.63) is 28.3 Å². The van der Waals surface area contributed by atoms with Crippen molar-refractivity contribution in [1.29, 1.82) is 0 Å². The lowest BCUT2D eigenvalue weighted by atomic mass is 10.1. The Morgan fingerprint density at radius 3 is 2.44 bits per heavy atom. The average Bonchev–Trinajstić information content (AvgIpc) is 2.19. The summed E-state index contributed by atoms with van der Waals surface area (Å²) >= 11 is 8.34. The van der Waals surface area contributed by atoms with Crippen LogP contribution in [0.15, 0.2) is 12.1 Å². The van der Waals surface area contributed by atoms with E-state index in [0.717, 1.165) is 0 Å². The van der Waals surface area contributed by atoms with E-state index >= 15 is 0 Å². The molecule has 0 saturated carbocycles. The van der Waals surface area contributed by atoms with Gasteiger partial charge in [0.2, 0.25) is 0 Å². The highest BCUT2D eigenvalue weighted by Crippen LogP contribution is 2.37. The minimum absolute atomic E-state index is 0.173. The number of halogens is 5. The molecule has 0 heterocycles. The monoisotopic (exact) mass is 316 g/mol. The number of carbonyl (C=O) groups is 1. The molecule has 7 heteroatoms. The molecule has 1 aromatic carbocycles. The number of phenolic OH excluding ortho intramolecular Hbond substituents is 1. The van der Waals surface area contributed by atoms with Crippen molar-refractivity contribution in [2.24, 2.45) is 0 Å². The van der Waals surface area contributed by atoms with Crippen molar-refractivity contribution < 1.29 is 23.1 Å². The lowest BCUT2D eigenvalue weighted by Gasteiger charge is -2.10. The van der Waals surface area contributed by atoms with Crippen molar-refractivity contribution >= 4 is 33.3 Å². The maximum atomic E-state index is 12.4. The van der Waals surface area contributed by atoms with Gasteiger partial charge in [0.15, 0.2) is 5.78 Å². The van der Waals surface area contributed by atoms with Crippen molar-refractivity contribution in [2.45, 2.75) is 6.18 Å². The zero-order chi connectivity index (χ0) is 12.5. The Balaban J connectivity index is 3.39. The second kappa shape index (κ2) is 4.63. The van der Waals surface area contributed by atoms with Gasteiger partial charge in [0, 0.05) is 5.56 Å². The highest BCUT2D eigenvalue weighted by molar-refractivity contribution is 9.09. The first kappa shape index (κ1) is 13.3. The predicted octanol–water partition coefficient (Wildman–Crippen LogP) is 3.64. The maximum absolute atomic E-state index is 12.4. The van der Waals surface area contributed by atoms with Crippen LogP contribution in [-0.4, -0.2) is 16.2 Å². The summed E-state index contributed by atoms with van der Waals surface area (Å²) in [5.74, 6) is -1.40. The van der Waals surface area contributed by atoms with Gasteiger partial charge in [-0.05, 0) is 12.1 Å². The van der Waals surface area contributed by atoms with Crippen LogP contribution >= 0.6 is 27.5 Å². The largest absolute Gasteiger partial charge is 0.506 e. The Bertz CT molecular complexity index is 431. The summed E-state index contributed by atoms with van der Waals surface area (Å²) in [5, 5.41) is 8.64. The van der Waals surface area contributed by atoms with E-state index < -0.39 is 23.3 Å². The molecule has 0 aliphatic rings. The number of aromatic hydroxyl groups is 1. The number of phenols is 1. The Morgan fingerprint density at radius 2 is 2.00 bits per heavy atom. The molecule has 1 aromatic rings. The Labute approximate surface area is 102 Å². The van der Waals surface area contributed by atoms with E-state index in [9.17, 15) is 23.1 Å². The van der Waals surface area contributed by atoms with E-state index in [1.54, 1.807) is 0 Å². The molecule has 0 radical (unpaired) electrons. The second-order valence-corrected chi connectivity index (χ2v) is 3.85. The van der Waals surface area contributed by atoms with Gasteiger partial charge in [-0.15, -0.1) is 0 Å². The molecule has 1 rings (SSSR count). The lowest BCUT2D eigenvalue weighted by Crippen LogP contribution is -2.09. The standard InChI is InChI=1S/C9H5BrClF3O2/c10-3-7(16)5-1-4(9(12,13)14)2-6(15)8(5)11/h1-2,15H,3H2. The predicted molar refractivity (Wildman–Crippen MR) is 56.2 cm³/mol. The van der Waals surface area contributed by atoms with Gasteiger partial charge in [0.1, 0.15) is 5.75 Å². The summed E-state index contributed by atoms with van der Waals surface area (Å²) in [6.07, 6.45) is -4.64. The molecule has 0 fully saturated rings. The lowest BCUT2D eigenvalue weighted by molar-refractivity contribution is -0.137. The van der Waals surface area contributed by atoms with Gasteiger partial charge in [-0.1, -0.05) is 27.5 Å². The van der Waals surface area contributed by atoms with E-state index in [2.05, 4.69) is 15.9 Å². The van der Waals surface area contributed by atoms with Gasteiger partial charge in [-0.3, -0.25) is 4.79 Å². The number of rotatable bonds is 2. The van der Waals surface area contributed by atoms with Gasteiger partial charge in [-0.25, -0.2) is 0 Å². The number of carbonyl (C=O) groups excluding carboxylic acids is 1. The highest BCUT2D eigenvalue weighted by Gasteiger charge is 2.32. The third kappa shape index (κ3) is 2.68. The van der Waals surface area contributed by atoms with Crippen molar-refractivity contribution in [3.8, 4) is 5.75 Å². The minimum atomic E-state index is -4.64. The van der Waals surface area contributed by atoms with Gasteiger partial charge in [-0.2, -0.15) is 13.2 Å². The first-order valence-electron chi connectivity index (χ1n) is 3.96. The normalized spacial score (nSPS) is 11.6. The van der Waals surface area contributed by atoms with Crippen LogP contribution in [0.2, 0.25) is 5.02 Å². The fraction of sp³-hybridized carbons (Fsp3) is 0.222. The van der Waals surface area contributed by atoms with Crippen LogP contribution in [0, 0.1) is 0 Å². The number of ketones is 1. The molecule has 1 N–H and O–H groups in total. The fourth-order valence-corrected chi connectivity index (χ4v) is 1.56. The third-order valence-electron chi connectivity index (χ3n) is 1.80. The zero-order valence-corrected chi connectivity index (χ0v) is 9.95. The van der Waals surface area contributed by atoms with E-state index in [0.29, 0.717) is 12.1 Å². The van der Waals surface area contributed by atoms with E-state index in [4.69, 9.17) is 11.6 Å². The summed E-state index contributed by atoms with van der Waals surface area (Å²) in [5.41, 5.74) is -1.47. The van der Waals surface area contributed by atoms with Crippen LogP contribution in [-0.2, 0) is 6.18 Å². The fourth-order valence-electron chi connectivity index (χ4n) is 1.05. The second-order valence-electron chi connectivity index (χ2n) is 2.91. The smallest absolute Gasteiger partial charge is 0.416 e. The van der Waals surface area contributed by atoms with Crippen molar-refractivity contribution in [1.82, 2.24) is 0 Å². The quantitative estimate of drug-likeness (QED) is 0.668. The molecule has 88 valence electrons. The summed E-state index contributed by atoms with van der Waals surface area (Å²) in [7, 11) is 0. The third-order valence-corrected chi connectivity index (χ3v) is 2.71. The Kier molecular flexibility index (Phi) is 3.85. The SMILES string of the molecule is O=C(CBr)c1cc(C(F)(F)F)cc(O)c1Cl. The number of alkyl halides is 4. The van der Waals surface area contributed by atoms with E-state index in [1.165, 1.54) is 0 Å².